The second kappa shape index (κ2) is 7.40. The van der Waals surface area contributed by atoms with Gasteiger partial charge in [0.15, 0.2) is 0 Å². The van der Waals surface area contributed by atoms with E-state index in [1.165, 1.54) is 6.33 Å². The fraction of sp³-hybridized carbons (Fsp3) is 0.333. The van der Waals surface area contributed by atoms with E-state index in [0.717, 1.165) is 35.7 Å². The van der Waals surface area contributed by atoms with Gasteiger partial charge in [0, 0.05) is 24.0 Å². The summed E-state index contributed by atoms with van der Waals surface area (Å²) < 4.78 is 1.83. The lowest BCUT2D eigenvalue weighted by atomic mass is 10.1. The Balaban J connectivity index is 1.48. The van der Waals surface area contributed by atoms with Crippen molar-refractivity contribution in [1.29, 1.82) is 0 Å². The number of likely N-dealkylation sites (tertiary alicyclic amines) is 1. The Morgan fingerprint density at radius 3 is 2.89 bits per heavy atom. The molecule has 8 nitrogen and oxygen atoms in total. The average molecular weight is 386 g/mol. The van der Waals surface area contributed by atoms with E-state index in [1.54, 1.807) is 11.1 Å². The van der Waals surface area contributed by atoms with Crippen LogP contribution >= 0.6 is 11.6 Å². The highest BCUT2D eigenvalue weighted by molar-refractivity contribution is 6.30. The highest BCUT2D eigenvalue weighted by Gasteiger charge is 2.29. The van der Waals surface area contributed by atoms with E-state index in [1.807, 2.05) is 35.9 Å². The first-order valence-corrected chi connectivity index (χ1v) is 9.27. The molecule has 0 radical (unpaired) electrons. The number of hydrogen-bond donors (Lipinski definition) is 2. The van der Waals surface area contributed by atoms with Crippen LogP contribution in [0, 0.1) is 0 Å². The quantitative estimate of drug-likeness (QED) is 0.721. The molecule has 1 fully saturated rings. The number of aromatic amines is 1. The molecule has 9 heteroatoms. The highest BCUT2D eigenvalue weighted by atomic mass is 35.5. The van der Waals surface area contributed by atoms with E-state index in [9.17, 15) is 4.79 Å². The van der Waals surface area contributed by atoms with Crippen LogP contribution in [0.2, 0.25) is 5.02 Å². The van der Waals surface area contributed by atoms with Gasteiger partial charge < -0.3 is 10.2 Å². The Morgan fingerprint density at radius 1 is 1.37 bits per heavy atom. The molecule has 0 aliphatic carbocycles. The molecule has 27 heavy (non-hydrogen) atoms. The number of halogens is 1. The van der Waals surface area contributed by atoms with Crippen molar-refractivity contribution in [1.82, 2.24) is 29.9 Å². The largest absolute Gasteiger partial charge is 0.324 e. The van der Waals surface area contributed by atoms with Gasteiger partial charge >= 0.3 is 6.03 Å². The summed E-state index contributed by atoms with van der Waals surface area (Å²) in [6.07, 6.45) is 4.79. The van der Waals surface area contributed by atoms with Crippen LogP contribution in [0.4, 0.5) is 10.5 Å². The molecule has 3 aromatic rings. The lowest BCUT2D eigenvalue weighted by Crippen LogP contribution is -2.33. The lowest BCUT2D eigenvalue weighted by Gasteiger charge is -2.17. The molecule has 140 valence electrons. The fourth-order valence-electron chi connectivity index (χ4n) is 3.40. The predicted molar refractivity (Wildman–Crippen MR) is 102 cm³/mol. The summed E-state index contributed by atoms with van der Waals surface area (Å²) >= 11 is 5.97. The van der Waals surface area contributed by atoms with E-state index < -0.39 is 0 Å². The summed E-state index contributed by atoms with van der Waals surface area (Å²) in [6, 6.07) is 7.33. The number of carbonyl (C=O) groups excluding carboxylic acids is 1. The van der Waals surface area contributed by atoms with Gasteiger partial charge in [0.25, 0.3) is 0 Å². The Kier molecular flexibility index (Phi) is 4.81. The molecular formula is C18H20ClN7O. The molecule has 1 aromatic carbocycles. The van der Waals surface area contributed by atoms with Crippen LogP contribution in [-0.2, 0) is 6.42 Å². The molecule has 1 aliphatic rings. The SMILES string of the molecule is CCc1c(NC(=O)N2CCC(c3ncn[nH]3)C2)cnn1-c1ccc(Cl)cc1. The van der Waals surface area contributed by atoms with Crippen molar-refractivity contribution in [3.05, 3.63) is 53.3 Å². The Labute approximate surface area is 161 Å². The third kappa shape index (κ3) is 3.52. The number of amides is 2. The van der Waals surface area contributed by atoms with Gasteiger partial charge in [-0.2, -0.15) is 10.2 Å². The number of urea groups is 1. The normalized spacial score (nSPS) is 16.7. The van der Waals surface area contributed by atoms with Gasteiger partial charge in [-0.25, -0.2) is 14.5 Å². The molecule has 0 bridgehead atoms. The third-order valence-corrected chi connectivity index (χ3v) is 5.06. The van der Waals surface area contributed by atoms with Gasteiger partial charge in [0.1, 0.15) is 12.2 Å². The number of anilines is 1. The summed E-state index contributed by atoms with van der Waals surface area (Å²) in [5.74, 6) is 1.02. The van der Waals surface area contributed by atoms with Crippen LogP contribution in [0.3, 0.4) is 0 Å². The number of nitrogens with zero attached hydrogens (tertiary/aromatic N) is 5. The van der Waals surface area contributed by atoms with Gasteiger partial charge in [0.05, 0.1) is 23.3 Å². The molecule has 2 aromatic heterocycles. The van der Waals surface area contributed by atoms with E-state index in [0.29, 0.717) is 18.1 Å². The molecule has 1 atom stereocenters. The van der Waals surface area contributed by atoms with Crippen LogP contribution in [0.5, 0.6) is 0 Å². The summed E-state index contributed by atoms with van der Waals surface area (Å²) in [4.78, 5) is 18.7. The number of nitrogens with one attached hydrogen (secondary N) is 2. The van der Waals surface area contributed by atoms with E-state index in [2.05, 4.69) is 25.6 Å². The van der Waals surface area contributed by atoms with E-state index in [4.69, 9.17) is 11.6 Å². The minimum atomic E-state index is -0.123. The molecule has 1 aliphatic heterocycles. The second-order valence-electron chi connectivity index (χ2n) is 6.48. The molecule has 4 rings (SSSR count). The summed E-state index contributed by atoms with van der Waals surface area (Å²) in [5, 5.41) is 14.9. The van der Waals surface area contributed by atoms with Crippen LogP contribution in [0.25, 0.3) is 5.69 Å². The maximum absolute atomic E-state index is 12.7. The van der Waals surface area contributed by atoms with Crippen LogP contribution in [0.1, 0.15) is 30.8 Å². The smallest absolute Gasteiger partial charge is 0.321 e. The lowest BCUT2D eigenvalue weighted by molar-refractivity contribution is 0.222. The zero-order valence-corrected chi connectivity index (χ0v) is 15.6. The van der Waals surface area contributed by atoms with Crippen LogP contribution in [0.15, 0.2) is 36.8 Å². The van der Waals surface area contributed by atoms with Gasteiger partial charge in [-0.3, -0.25) is 5.10 Å². The number of H-pyrrole nitrogens is 1. The molecular weight excluding hydrogens is 366 g/mol. The van der Waals surface area contributed by atoms with Gasteiger partial charge in [-0.15, -0.1) is 0 Å². The Morgan fingerprint density at radius 2 is 2.19 bits per heavy atom. The van der Waals surface area contributed by atoms with Crippen molar-refractivity contribution in [3.63, 3.8) is 0 Å². The molecule has 2 N–H and O–H groups in total. The number of carbonyl (C=O) groups is 1. The minimum Gasteiger partial charge on any atom is -0.324 e. The van der Waals surface area contributed by atoms with Crippen molar-refractivity contribution in [3.8, 4) is 5.69 Å². The topological polar surface area (TPSA) is 91.7 Å². The number of rotatable bonds is 4. The Hall–Kier alpha value is -2.87. The molecule has 1 unspecified atom stereocenters. The van der Waals surface area contributed by atoms with Gasteiger partial charge in [0.2, 0.25) is 0 Å². The van der Waals surface area contributed by atoms with Gasteiger partial charge in [-0.05, 0) is 37.1 Å². The van der Waals surface area contributed by atoms with Crippen molar-refractivity contribution in [2.75, 3.05) is 18.4 Å². The van der Waals surface area contributed by atoms with Crippen LogP contribution in [-0.4, -0.2) is 49.0 Å². The zero-order chi connectivity index (χ0) is 18.8. The summed E-state index contributed by atoms with van der Waals surface area (Å²) in [6.45, 7) is 3.34. The monoisotopic (exact) mass is 385 g/mol. The summed E-state index contributed by atoms with van der Waals surface area (Å²) in [7, 11) is 0. The second-order valence-corrected chi connectivity index (χ2v) is 6.92. The van der Waals surface area contributed by atoms with Crippen molar-refractivity contribution < 1.29 is 4.79 Å². The zero-order valence-electron chi connectivity index (χ0n) is 14.9. The number of hydrogen-bond acceptors (Lipinski definition) is 4. The maximum Gasteiger partial charge on any atom is 0.321 e. The summed E-state index contributed by atoms with van der Waals surface area (Å²) in [5.41, 5.74) is 2.57. The number of benzene rings is 1. The first-order valence-electron chi connectivity index (χ1n) is 8.89. The van der Waals surface area contributed by atoms with Gasteiger partial charge in [-0.1, -0.05) is 18.5 Å². The van der Waals surface area contributed by atoms with E-state index in [-0.39, 0.29) is 11.9 Å². The first-order chi connectivity index (χ1) is 13.2. The van der Waals surface area contributed by atoms with Crippen molar-refractivity contribution >= 4 is 23.3 Å². The predicted octanol–water partition coefficient (Wildman–Crippen LogP) is 3.23. The first kappa shape index (κ1) is 17.5. The molecule has 0 saturated carbocycles. The van der Waals surface area contributed by atoms with Crippen molar-refractivity contribution in [2.45, 2.75) is 25.7 Å². The highest BCUT2D eigenvalue weighted by Crippen LogP contribution is 2.26. The standard InChI is InChI=1S/C18H20ClN7O/c1-2-16-15(9-22-26(16)14-5-3-13(19)4-6-14)23-18(27)25-8-7-12(10-25)17-20-11-21-24-17/h3-6,9,11-12H,2,7-8,10H2,1H3,(H,23,27)(H,20,21,24). The molecule has 3 heterocycles. The molecule has 1 saturated heterocycles. The van der Waals surface area contributed by atoms with Crippen molar-refractivity contribution in [2.24, 2.45) is 0 Å². The molecule has 0 spiro atoms. The molecule has 2 amide bonds. The third-order valence-electron chi connectivity index (χ3n) is 4.81. The minimum absolute atomic E-state index is 0.123. The number of aromatic nitrogens is 5. The fourth-order valence-corrected chi connectivity index (χ4v) is 3.52. The van der Waals surface area contributed by atoms with E-state index >= 15 is 0 Å². The van der Waals surface area contributed by atoms with Crippen LogP contribution < -0.4 is 5.32 Å². The average Bonchev–Trinajstić information content (AvgIpc) is 3.42. The Bertz CT molecular complexity index is 920. The maximum atomic E-state index is 12.7.